The highest BCUT2D eigenvalue weighted by atomic mass is 16.2. The van der Waals surface area contributed by atoms with Crippen LogP contribution in [-0.4, -0.2) is 23.9 Å². The van der Waals surface area contributed by atoms with Gasteiger partial charge in [-0.2, -0.15) is 0 Å². The minimum absolute atomic E-state index is 0.128. The van der Waals surface area contributed by atoms with Gasteiger partial charge in [-0.15, -0.1) is 0 Å². The van der Waals surface area contributed by atoms with E-state index in [-0.39, 0.29) is 5.91 Å². The Morgan fingerprint density at radius 1 is 1.18 bits per heavy atom. The Morgan fingerprint density at radius 2 is 1.71 bits per heavy atom. The van der Waals surface area contributed by atoms with Crippen molar-refractivity contribution in [1.29, 1.82) is 0 Å². The van der Waals surface area contributed by atoms with Crippen LogP contribution in [0.5, 0.6) is 0 Å². The molecule has 17 heavy (non-hydrogen) atoms. The van der Waals surface area contributed by atoms with E-state index in [9.17, 15) is 4.79 Å². The van der Waals surface area contributed by atoms with E-state index < -0.39 is 0 Å². The standard InChI is InChI=1S/C14H20N2O/c1-10-7-11(2)9-16(8-10)14(17)12-3-5-13(15)6-4-12/h3-6,10-11H,7-9,15H2,1-2H3/t10-,11-/m1/s1. The van der Waals surface area contributed by atoms with Crippen molar-refractivity contribution in [3.05, 3.63) is 29.8 Å². The highest BCUT2D eigenvalue weighted by molar-refractivity contribution is 5.94. The molecule has 3 heteroatoms. The lowest BCUT2D eigenvalue weighted by Gasteiger charge is -2.35. The van der Waals surface area contributed by atoms with Crippen LogP contribution in [0.2, 0.25) is 0 Å². The number of amides is 1. The second-order valence-corrected chi connectivity index (χ2v) is 5.28. The van der Waals surface area contributed by atoms with E-state index in [2.05, 4.69) is 13.8 Å². The molecule has 92 valence electrons. The van der Waals surface area contributed by atoms with Crippen molar-refractivity contribution >= 4 is 11.6 Å². The predicted molar refractivity (Wildman–Crippen MR) is 69.7 cm³/mol. The van der Waals surface area contributed by atoms with Gasteiger partial charge < -0.3 is 10.6 Å². The summed E-state index contributed by atoms with van der Waals surface area (Å²) in [7, 11) is 0. The van der Waals surface area contributed by atoms with Crippen LogP contribution < -0.4 is 5.73 Å². The number of nitrogens with two attached hydrogens (primary N) is 1. The second kappa shape index (κ2) is 4.78. The molecule has 1 aromatic rings. The summed E-state index contributed by atoms with van der Waals surface area (Å²) in [6.45, 7) is 6.15. The molecule has 0 aromatic heterocycles. The zero-order valence-corrected chi connectivity index (χ0v) is 10.5. The molecular formula is C14H20N2O. The summed E-state index contributed by atoms with van der Waals surface area (Å²) in [5, 5.41) is 0. The topological polar surface area (TPSA) is 46.3 Å². The van der Waals surface area contributed by atoms with Crippen molar-refractivity contribution in [2.45, 2.75) is 20.3 Å². The predicted octanol–water partition coefficient (Wildman–Crippen LogP) is 2.39. The van der Waals surface area contributed by atoms with Gasteiger partial charge in [-0.25, -0.2) is 0 Å². The van der Waals surface area contributed by atoms with Gasteiger partial charge in [0.2, 0.25) is 0 Å². The molecule has 1 aliphatic rings. The minimum atomic E-state index is 0.128. The zero-order valence-electron chi connectivity index (χ0n) is 10.5. The molecular weight excluding hydrogens is 212 g/mol. The molecule has 0 bridgehead atoms. The first-order valence-electron chi connectivity index (χ1n) is 6.21. The van der Waals surface area contributed by atoms with Gasteiger partial charge >= 0.3 is 0 Å². The average molecular weight is 232 g/mol. The molecule has 2 N–H and O–H groups in total. The molecule has 2 rings (SSSR count). The quantitative estimate of drug-likeness (QED) is 0.756. The maximum absolute atomic E-state index is 12.3. The zero-order chi connectivity index (χ0) is 12.4. The van der Waals surface area contributed by atoms with Crippen LogP contribution in [0.1, 0.15) is 30.6 Å². The lowest BCUT2D eigenvalue weighted by atomic mass is 9.91. The molecule has 0 spiro atoms. The highest BCUT2D eigenvalue weighted by Crippen LogP contribution is 2.22. The SMILES string of the molecule is C[C@@H]1C[C@@H](C)CN(C(=O)c2ccc(N)cc2)C1. The number of nitrogens with zero attached hydrogens (tertiary/aromatic N) is 1. The Morgan fingerprint density at radius 3 is 2.24 bits per heavy atom. The van der Waals surface area contributed by atoms with Gasteiger partial charge in [0.05, 0.1) is 0 Å². The summed E-state index contributed by atoms with van der Waals surface area (Å²) in [4.78, 5) is 14.2. The summed E-state index contributed by atoms with van der Waals surface area (Å²) in [6.07, 6.45) is 1.21. The van der Waals surface area contributed by atoms with Crippen LogP contribution in [0.4, 0.5) is 5.69 Å². The Kier molecular flexibility index (Phi) is 3.36. The molecule has 2 atom stereocenters. The van der Waals surface area contributed by atoms with Crippen molar-refractivity contribution in [3.8, 4) is 0 Å². The van der Waals surface area contributed by atoms with Gasteiger partial charge in [-0.1, -0.05) is 13.8 Å². The normalized spacial score (nSPS) is 24.7. The molecule has 0 unspecified atom stereocenters. The van der Waals surface area contributed by atoms with Gasteiger partial charge in [-0.3, -0.25) is 4.79 Å². The number of carbonyl (C=O) groups is 1. The Bertz CT molecular complexity index is 389. The molecule has 3 nitrogen and oxygen atoms in total. The van der Waals surface area contributed by atoms with Crippen molar-refractivity contribution < 1.29 is 4.79 Å². The van der Waals surface area contributed by atoms with Crippen molar-refractivity contribution in [2.75, 3.05) is 18.8 Å². The summed E-state index contributed by atoms with van der Waals surface area (Å²) >= 11 is 0. The van der Waals surface area contributed by atoms with Crippen LogP contribution in [0.3, 0.4) is 0 Å². The number of anilines is 1. The lowest BCUT2D eigenvalue weighted by Crippen LogP contribution is -2.42. The third-order valence-corrected chi connectivity index (χ3v) is 3.31. The number of benzene rings is 1. The summed E-state index contributed by atoms with van der Waals surface area (Å²) in [5.74, 6) is 1.32. The smallest absolute Gasteiger partial charge is 0.253 e. The molecule has 0 aliphatic carbocycles. The molecule has 1 aliphatic heterocycles. The van der Waals surface area contributed by atoms with E-state index in [0.717, 1.165) is 18.7 Å². The summed E-state index contributed by atoms with van der Waals surface area (Å²) in [6, 6.07) is 7.18. The fraction of sp³-hybridized carbons (Fsp3) is 0.500. The molecule has 1 aromatic carbocycles. The van der Waals surface area contributed by atoms with E-state index in [1.54, 1.807) is 12.1 Å². The number of carbonyl (C=O) groups excluding carboxylic acids is 1. The lowest BCUT2D eigenvalue weighted by molar-refractivity contribution is 0.0623. The monoisotopic (exact) mass is 232 g/mol. The molecule has 1 fully saturated rings. The summed E-state index contributed by atoms with van der Waals surface area (Å²) < 4.78 is 0. The molecule has 1 saturated heterocycles. The average Bonchev–Trinajstić information content (AvgIpc) is 2.28. The maximum atomic E-state index is 12.3. The van der Waals surface area contributed by atoms with Crippen LogP contribution in [0, 0.1) is 11.8 Å². The van der Waals surface area contributed by atoms with Gasteiger partial charge in [0.1, 0.15) is 0 Å². The molecule has 0 radical (unpaired) electrons. The fourth-order valence-electron chi connectivity index (χ4n) is 2.64. The van der Waals surface area contributed by atoms with Crippen LogP contribution in [-0.2, 0) is 0 Å². The minimum Gasteiger partial charge on any atom is -0.399 e. The first-order valence-corrected chi connectivity index (χ1v) is 6.21. The number of hydrogen-bond acceptors (Lipinski definition) is 2. The Labute approximate surface area is 103 Å². The van der Waals surface area contributed by atoms with E-state index >= 15 is 0 Å². The van der Waals surface area contributed by atoms with E-state index in [1.165, 1.54) is 6.42 Å². The number of nitrogen functional groups attached to an aromatic ring is 1. The first-order chi connectivity index (χ1) is 8.06. The number of hydrogen-bond donors (Lipinski definition) is 1. The number of piperidine rings is 1. The number of rotatable bonds is 1. The third-order valence-electron chi connectivity index (χ3n) is 3.31. The van der Waals surface area contributed by atoms with Crippen molar-refractivity contribution in [3.63, 3.8) is 0 Å². The second-order valence-electron chi connectivity index (χ2n) is 5.28. The van der Waals surface area contributed by atoms with Gasteiger partial charge in [0.25, 0.3) is 5.91 Å². The highest BCUT2D eigenvalue weighted by Gasteiger charge is 2.25. The van der Waals surface area contributed by atoms with Gasteiger partial charge in [0, 0.05) is 24.3 Å². The Hall–Kier alpha value is -1.51. The van der Waals surface area contributed by atoms with Crippen molar-refractivity contribution in [2.24, 2.45) is 11.8 Å². The third kappa shape index (κ3) is 2.78. The number of likely N-dealkylation sites (tertiary alicyclic amines) is 1. The van der Waals surface area contributed by atoms with Crippen molar-refractivity contribution in [1.82, 2.24) is 4.90 Å². The van der Waals surface area contributed by atoms with Gasteiger partial charge in [-0.05, 0) is 42.5 Å². The molecule has 1 heterocycles. The maximum Gasteiger partial charge on any atom is 0.253 e. The Balaban J connectivity index is 2.11. The fourth-order valence-corrected chi connectivity index (χ4v) is 2.64. The van der Waals surface area contributed by atoms with Crippen LogP contribution in [0.25, 0.3) is 0 Å². The summed E-state index contributed by atoms with van der Waals surface area (Å²) in [5.41, 5.74) is 7.06. The van der Waals surface area contributed by atoms with E-state index in [1.807, 2.05) is 17.0 Å². The van der Waals surface area contributed by atoms with Crippen LogP contribution >= 0.6 is 0 Å². The van der Waals surface area contributed by atoms with Gasteiger partial charge in [0.15, 0.2) is 0 Å². The van der Waals surface area contributed by atoms with Crippen LogP contribution in [0.15, 0.2) is 24.3 Å². The molecule has 1 amide bonds. The largest absolute Gasteiger partial charge is 0.399 e. The van der Waals surface area contributed by atoms with E-state index in [4.69, 9.17) is 5.73 Å². The first kappa shape index (κ1) is 12.0. The molecule has 0 saturated carbocycles. The van der Waals surface area contributed by atoms with E-state index in [0.29, 0.717) is 17.5 Å².